The molecule has 1 saturated carbocycles. The van der Waals surface area contributed by atoms with Gasteiger partial charge in [-0.25, -0.2) is 8.42 Å². The number of carbonyl (C=O) groups is 1. The van der Waals surface area contributed by atoms with Gasteiger partial charge in [0, 0.05) is 12.1 Å². The fourth-order valence-electron chi connectivity index (χ4n) is 3.52. The standard InChI is InChI=1S/C20H21Cl2N3O5S/c21-16-8-4-5-9-18(16)24(13-20(26)23-14-6-2-1-3-7-14)31(29,30)15-10-11-17(22)19(12-15)25(27)28/h4-5,8-12,14H,1-3,6-7,13H2,(H,23,26). The van der Waals surface area contributed by atoms with E-state index in [1.54, 1.807) is 12.1 Å². The summed E-state index contributed by atoms with van der Waals surface area (Å²) < 4.78 is 27.7. The van der Waals surface area contributed by atoms with E-state index in [0.29, 0.717) is 0 Å². The molecule has 1 N–H and O–H groups in total. The van der Waals surface area contributed by atoms with Crippen molar-refractivity contribution >= 4 is 50.5 Å². The molecule has 1 fully saturated rings. The van der Waals surface area contributed by atoms with Crippen LogP contribution >= 0.6 is 23.2 Å². The minimum absolute atomic E-state index is 0.00586. The number of para-hydroxylation sites is 1. The summed E-state index contributed by atoms with van der Waals surface area (Å²) >= 11 is 12.0. The maximum atomic E-state index is 13.4. The highest BCUT2D eigenvalue weighted by molar-refractivity contribution is 7.92. The number of sulfonamides is 1. The van der Waals surface area contributed by atoms with Crippen LogP contribution in [0, 0.1) is 10.1 Å². The zero-order chi connectivity index (χ0) is 22.6. The lowest BCUT2D eigenvalue weighted by atomic mass is 9.95. The number of benzene rings is 2. The number of nitrogens with zero attached hydrogens (tertiary/aromatic N) is 2. The van der Waals surface area contributed by atoms with E-state index < -0.39 is 33.1 Å². The molecule has 0 aliphatic heterocycles. The number of hydrogen-bond donors (Lipinski definition) is 1. The normalized spacial score (nSPS) is 14.8. The predicted octanol–water partition coefficient (Wildman–Crippen LogP) is 4.55. The number of nitro groups is 1. The third-order valence-electron chi connectivity index (χ3n) is 5.08. The molecule has 0 unspecified atom stereocenters. The first-order valence-electron chi connectivity index (χ1n) is 9.70. The number of amides is 1. The summed E-state index contributed by atoms with van der Waals surface area (Å²) in [6.07, 6.45) is 4.81. The van der Waals surface area contributed by atoms with Crippen LogP contribution in [0.4, 0.5) is 11.4 Å². The van der Waals surface area contributed by atoms with E-state index in [1.165, 1.54) is 12.1 Å². The molecule has 31 heavy (non-hydrogen) atoms. The molecule has 0 spiro atoms. The number of rotatable bonds is 7. The van der Waals surface area contributed by atoms with Crippen molar-refractivity contribution in [3.05, 3.63) is 62.6 Å². The molecule has 3 rings (SSSR count). The lowest BCUT2D eigenvalue weighted by Crippen LogP contribution is -2.45. The van der Waals surface area contributed by atoms with Crippen molar-refractivity contribution in [1.29, 1.82) is 0 Å². The van der Waals surface area contributed by atoms with Crippen LogP contribution in [-0.2, 0) is 14.8 Å². The number of nitrogens with one attached hydrogen (secondary N) is 1. The Balaban J connectivity index is 1.97. The zero-order valence-corrected chi connectivity index (χ0v) is 18.8. The molecule has 11 heteroatoms. The van der Waals surface area contributed by atoms with Crippen molar-refractivity contribution in [2.24, 2.45) is 0 Å². The van der Waals surface area contributed by atoms with Crippen LogP contribution < -0.4 is 9.62 Å². The van der Waals surface area contributed by atoms with Crippen molar-refractivity contribution in [2.45, 2.75) is 43.0 Å². The molecular formula is C20H21Cl2N3O5S. The molecule has 8 nitrogen and oxygen atoms in total. The number of halogens is 2. The maximum absolute atomic E-state index is 13.4. The second-order valence-corrected chi connectivity index (χ2v) is 9.91. The average molecular weight is 486 g/mol. The molecule has 0 atom stereocenters. The minimum atomic E-state index is -4.36. The summed E-state index contributed by atoms with van der Waals surface area (Å²) in [7, 11) is -4.36. The van der Waals surface area contributed by atoms with E-state index in [9.17, 15) is 23.3 Å². The first-order chi connectivity index (χ1) is 14.7. The van der Waals surface area contributed by atoms with Crippen LogP contribution in [0.2, 0.25) is 10.0 Å². The SMILES string of the molecule is O=C(CN(c1ccccc1Cl)S(=O)(=O)c1ccc(Cl)c([N+](=O)[O-])c1)NC1CCCCC1. The number of nitro benzene ring substituents is 1. The number of anilines is 1. The molecule has 1 amide bonds. The first kappa shape index (κ1) is 23.3. The lowest BCUT2D eigenvalue weighted by molar-refractivity contribution is -0.384. The second-order valence-electron chi connectivity index (χ2n) is 7.24. The van der Waals surface area contributed by atoms with Crippen LogP contribution in [0.25, 0.3) is 0 Å². The maximum Gasteiger partial charge on any atom is 0.289 e. The zero-order valence-electron chi connectivity index (χ0n) is 16.5. The lowest BCUT2D eigenvalue weighted by Gasteiger charge is -2.27. The average Bonchev–Trinajstić information content (AvgIpc) is 2.73. The van der Waals surface area contributed by atoms with Gasteiger partial charge in [0.15, 0.2) is 0 Å². The summed E-state index contributed by atoms with van der Waals surface area (Å²) in [6, 6.07) is 9.36. The molecule has 2 aromatic carbocycles. The van der Waals surface area contributed by atoms with E-state index in [1.807, 2.05) is 0 Å². The summed E-state index contributed by atoms with van der Waals surface area (Å²) in [5.74, 6) is -0.473. The summed E-state index contributed by atoms with van der Waals surface area (Å²) in [5.41, 5.74) is -0.450. The fraction of sp³-hybridized carbons (Fsp3) is 0.350. The Kier molecular flexibility index (Phi) is 7.40. The van der Waals surface area contributed by atoms with Crippen LogP contribution in [0.15, 0.2) is 47.4 Å². The molecule has 0 radical (unpaired) electrons. The van der Waals surface area contributed by atoms with Crippen LogP contribution in [0.1, 0.15) is 32.1 Å². The molecule has 0 saturated heterocycles. The molecular weight excluding hydrogens is 465 g/mol. The Labute approximate surface area is 190 Å². The molecule has 2 aromatic rings. The van der Waals surface area contributed by atoms with E-state index in [2.05, 4.69) is 5.32 Å². The Hall–Kier alpha value is -2.36. The Morgan fingerprint density at radius 3 is 2.42 bits per heavy atom. The van der Waals surface area contributed by atoms with Crippen molar-refractivity contribution in [2.75, 3.05) is 10.8 Å². The van der Waals surface area contributed by atoms with Crippen LogP contribution in [-0.4, -0.2) is 31.8 Å². The van der Waals surface area contributed by atoms with E-state index in [-0.39, 0.29) is 26.7 Å². The van der Waals surface area contributed by atoms with Crippen molar-refractivity contribution < 1.29 is 18.1 Å². The molecule has 0 aromatic heterocycles. The quantitative estimate of drug-likeness (QED) is 0.456. The monoisotopic (exact) mass is 485 g/mol. The van der Waals surface area contributed by atoms with E-state index in [4.69, 9.17) is 23.2 Å². The highest BCUT2D eigenvalue weighted by atomic mass is 35.5. The van der Waals surface area contributed by atoms with Gasteiger partial charge in [-0.2, -0.15) is 0 Å². The molecule has 166 valence electrons. The van der Waals surface area contributed by atoms with Gasteiger partial charge in [-0.05, 0) is 37.1 Å². The minimum Gasteiger partial charge on any atom is -0.352 e. The largest absolute Gasteiger partial charge is 0.352 e. The molecule has 0 heterocycles. The smallest absolute Gasteiger partial charge is 0.289 e. The fourth-order valence-corrected chi connectivity index (χ4v) is 5.46. The van der Waals surface area contributed by atoms with Crippen molar-refractivity contribution in [3.63, 3.8) is 0 Å². The van der Waals surface area contributed by atoms with Gasteiger partial charge in [0.05, 0.1) is 20.5 Å². The molecule has 0 bridgehead atoms. The first-order valence-corrected chi connectivity index (χ1v) is 11.9. The summed E-state index contributed by atoms with van der Waals surface area (Å²) in [6.45, 7) is -0.515. The Bertz CT molecular complexity index is 1090. The topological polar surface area (TPSA) is 110 Å². The van der Waals surface area contributed by atoms with Gasteiger partial charge in [-0.15, -0.1) is 0 Å². The van der Waals surface area contributed by atoms with Crippen LogP contribution in [0.3, 0.4) is 0 Å². The Morgan fingerprint density at radius 2 is 1.77 bits per heavy atom. The second kappa shape index (κ2) is 9.84. The highest BCUT2D eigenvalue weighted by Crippen LogP contribution is 2.33. The van der Waals surface area contributed by atoms with Gasteiger partial charge in [-0.3, -0.25) is 19.2 Å². The highest BCUT2D eigenvalue weighted by Gasteiger charge is 2.31. The van der Waals surface area contributed by atoms with E-state index in [0.717, 1.165) is 54.6 Å². The van der Waals surface area contributed by atoms with Gasteiger partial charge >= 0.3 is 0 Å². The third kappa shape index (κ3) is 5.47. The molecule has 1 aliphatic carbocycles. The molecule has 1 aliphatic rings. The summed E-state index contributed by atoms with van der Waals surface area (Å²) in [5, 5.41) is 14.0. The van der Waals surface area contributed by atoms with Gasteiger partial charge in [0.1, 0.15) is 11.6 Å². The summed E-state index contributed by atoms with van der Waals surface area (Å²) in [4.78, 5) is 22.8. The predicted molar refractivity (Wildman–Crippen MR) is 119 cm³/mol. The Morgan fingerprint density at radius 1 is 1.10 bits per heavy atom. The number of carbonyl (C=O) groups excluding carboxylic acids is 1. The van der Waals surface area contributed by atoms with Gasteiger partial charge in [0.25, 0.3) is 15.7 Å². The van der Waals surface area contributed by atoms with Crippen LogP contribution in [0.5, 0.6) is 0 Å². The van der Waals surface area contributed by atoms with Crippen molar-refractivity contribution in [3.8, 4) is 0 Å². The van der Waals surface area contributed by atoms with Crippen molar-refractivity contribution in [1.82, 2.24) is 5.32 Å². The van der Waals surface area contributed by atoms with Gasteiger partial charge < -0.3 is 5.32 Å². The third-order valence-corrected chi connectivity index (χ3v) is 7.48. The van der Waals surface area contributed by atoms with E-state index >= 15 is 0 Å². The number of hydrogen-bond acceptors (Lipinski definition) is 5. The van der Waals surface area contributed by atoms with Gasteiger partial charge in [-0.1, -0.05) is 54.6 Å². The van der Waals surface area contributed by atoms with Gasteiger partial charge in [0.2, 0.25) is 5.91 Å².